The zero-order valence-electron chi connectivity index (χ0n) is 10.3. The van der Waals surface area contributed by atoms with Crippen LogP contribution in [0.2, 0.25) is 0 Å². The van der Waals surface area contributed by atoms with Gasteiger partial charge in [0.15, 0.2) is 0 Å². The van der Waals surface area contributed by atoms with Crippen molar-refractivity contribution in [1.82, 2.24) is 0 Å². The van der Waals surface area contributed by atoms with Crippen molar-refractivity contribution < 1.29 is 5.11 Å². The molecule has 16 heavy (non-hydrogen) atoms. The molecule has 0 aliphatic carbocycles. The Morgan fingerprint density at radius 3 is 2.56 bits per heavy atom. The Balaban J connectivity index is 2.84. The molecule has 3 nitrogen and oxygen atoms in total. The summed E-state index contributed by atoms with van der Waals surface area (Å²) in [6.07, 6.45) is 0.742. The van der Waals surface area contributed by atoms with E-state index in [0.29, 0.717) is 5.92 Å². The van der Waals surface area contributed by atoms with Crippen molar-refractivity contribution in [3.05, 3.63) is 23.8 Å². The van der Waals surface area contributed by atoms with Crippen molar-refractivity contribution in [2.45, 2.75) is 33.2 Å². The van der Waals surface area contributed by atoms with Crippen LogP contribution in [-0.4, -0.2) is 17.8 Å². The first-order valence-electron chi connectivity index (χ1n) is 5.78. The van der Waals surface area contributed by atoms with Gasteiger partial charge >= 0.3 is 0 Å². The highest BCUT2D eigenvalue weighted by atomic mass is 16.3. The summed E-state index contributed by atoms with van der Waals surface area (Å²) >= 11 is 0. The SMILES string of the molecule is Cc1cccc(N)c1NC(CCO)C(C)C. The van der Waals surface area contributed by atoms with Crippen LogP contribution in [0.15, 0.2) is 18.2 Å². The summed E-state index contributed by atoms with van der Waals surface area (Å²) in [7, 11) is 0. The number of para-hydroxylation sites is 1. The first-order valence-corrected chi connectivity index (χ1v) is 5.78. The first-order chi connectivity index (χ1) is 7.56. The molecular formula is C13H22N2O. The van der Waals surface area contributed by atoms with E-state index in [0.717, 1.165) is 23.4 Å². The lowest BCUT2D eigenvalue weighted by Crippen LogP contribution is -2.27. The van der Waals surface area contributed by atoms with Gasteiger partial charge in [0, 0.05) is 12.6 Å². The number of hydrogen-bond acceptors (Lipinski definition) is 3. The molecule has 0 aromatic heterocycles. The van der Waals surface area contributed by atoms with E-state index in [1.165, 1.54) is 0 Å². The number of aryl methyl sites for hydroxylation is 1. The van der Waals surface area contributed by atoms with Crippen molar-refractivity contribution in [2.24, 2.45) is 5.92 Å². The van der Waals surface area contributed by atoms with E-state index in [1.807, 2.05) is 25.1 Å². The van der Waals surface area contributed by atoms with Crippen LogP contribution in [0, 0.1) is 12.8 Å². The van der Waals surface area contributed by atoms with Gasteiger partial charge in [-0.3, -0.25) is 0 Å². The number of rotatable bonds is 5. The van der Waals surface area contributed by atoms with Crippen LogP contribution < -0.4 is 11.1 Å². The summed E-state index contributed by atoms with van der Waals surface area (Å²) in [5.41, 5.74) is 8.85. The Morgan fingerprint density at radius 2 is 2.06 bits per heavy atom. The second-order valence-electron chi connectivity index (χ2n) is 4.55. The number of benzene rings is 1. The van der Waals surface area contributed by atoms with E-state index in [-0.39, 0.29) is 12.6 Å². The highest BCUT2D eigenvalue weighted by Crippen LogP contribution is 2.25. The molecule has 0 spiro atoms. The van der Waals surface area contributed by atoms with Gasteiger partial charge in [0.05, 0.1) is 11.4 Å². The topological polar surface area (TPSA) is 58.3 Å². The van der Waals surface area contributed by atoms with E-state index in [9.17, 15) is 0 Å². The lowest BCUT2D eigenvalue weighted by atomic mass is 10.00. The maximum absolute atomic E-state index is 9.03. The number of aliphatic hydroxyl groups excluding tert-OH is 1. The molecule has 0 heterocycles. The Labute approximate surface area is 97.7 Å². The Hall–Kier alpha value is -1.22. The van der Waals surface area contributed by atoms with Gasteiger partial charge in [0.2, 0.25) is 0 Å². The Morgan fingerprint density at radius 1 is 1.38 bits per heavy atom. The van der Waals surface area contributed by atoms with Gasteiger partial charge in [-0.05, 0) is 30.9 Å². The molecule has 0 bridgehead atoms. The van der Waals surface area contributed by atoms with E-state index in [1.54, 1.807) is 0 Å². The minimum atomic E-state index is 0.196. The van der Waals surface area contributed by atoms with Gasteiger partial charge in [-0.25, -0.2) is 0 Å². The standard InChI is InChI=1S/C13H22N2O/c1-9(2)12(7-8-16)15-13-10(3)5-4-6-11(13)14/h4-6,9,12,15-16H,7-8,14H2,1-3H3. The Bertz CT molecular complexity index is 316. The minimum Gasteiger partial charge on any atom is -0.397 e. The molecule has 0 aliphatic heterocycles. The zero-order chi connectivity index (χ0) is 12.1. The molecule has 0 fully saturated rings. The van der Waals surface area contributed by atoms with Gasteiger partial charge < -0.3 is 16.2 Å². The number of anilines is 2. The number of hydrogen-bond donors (Lipinski definition) is 3. The lowest BCUT2D eigenvalue weighted by molar-refractivity contribution is 0.267. The third kappa shape index (κ3) is 3.14. The lowest BCUT2D eigenvalue weighted by Gasteiger charge is -2.24. The van der Waals surface area contributed by atoms with Crippen LogP contribution >= 0.6 is 0 Å². The highest BCUT2D eigenvalue weighted by Gasteiger charge is 2.14. The monoisotopic (exact) mass is 222 g/mol. The molecular weight excluding hydrogens is 200 g/mol. The van der Waals surface area contributed by atoms with Crippen LogP contribution in [-0.2, 0) is 0 Å². The number of nitrogens with two attached hydrogens (primary N) is 1. The largest absolute Gasteiger partial charge is 0.397 e. The van der Waals surface area contributed by atoms with Crippen LogP contribution in [0.1, 0.15) is 25.8 Å². The molecule has 0 radical (unpaired) electrons. The summed E-state index contributed by atoms with van der Waals surface area (Å²) in [6.45, 7) is 6.51. The third-order valence-electron chi connectivity index (χ3n) is 2.88. The molecule has 90 valence electrons. The summed E-state index contributed by atoms with van der Waals surface area (Å²) in [5, 5.41) is 12.5. The molecule has 1 aromatic carbocycles. The highest BCUT2D eigenvalue weighted by molar-refractivity contribution is 5.70. The number of aliphatic hydroxyl groups is 1. The molecule has 0 aliphatic rings. The van der Waals surface area contributed by atoms with Gasteiger partial charge in [-0.15, -0.1) is 0 Å². The predicted octanol–water partition coefficient (Wildman–Crippen LogP) is 2.40. The van der Waals surface area contributed by atoms with Crippen molar-refractivity contribution in [2.75, 3.05) is 17.7 Å². The van der Waals surface area contributed by atoms with Crippen LogP contribution in [0.3, 0.4) is 0 Å². The fraction of sp³-hybridized carbons (Fsp3) is 0.538. The van der Waals surface area contributed by atoms with Crippen LogP contribution in [0.4, 0.5) is 11.4 Å². The van der Waals surface area contributed by atoms with Gasteiger partial charge in [-0.2, -0.15) is 0 Å². The van der Waals surface area contributed by atoms with Crippen molar-refractivity contribution in [3.63, 3.8) is 0 Å². The van der Waals surface area contributed by atoms with Crippen molar-refractivity contribution in [1.29, 1.82) is 0 Å². The summed E-state index contributed by atoms with van der Waals surface area (Å²) < 4.78 is 0. The smallest absolute Gasteiger partial charge is 0.0605 e. The van der Waals surface area contributed by atoms with E-state index < -0.39 is 0 Å². The summed E-state index contributed by atoms with van der Waals surface area (Å²) in [5.74, 6) is 0.464. The normalized spacial score (nSPS) is 12.8. The maximum atomic E-state index is 9.03. The molecule has 4 N–H and O–H groups in total. The molecule has 0 amide bonds. The molecule has 0 saturated carbocycles. The second kappa shape index (κ2) is 5.75. The van der Waals surface area contributed by atoms with E-state index >= 15 is 0 Å². The second-order valence-corrected chi connectivity index (χ2v) is 4.55. The van der Waals surface area contributed by atoms with Gasteiger partial charge in [-0.1, -0.05) is 26.0 Å². The molecule has 0 saturated heterocycles. The molecule has 1 aromatic rings. The molecule has 1 unspecified atom stereocenters. The molecule has 1 rings (SSSR count). The van der Waals surface area contributed by atoms with Crippen molar-refractivity contribution in [3.8, 4) is 0 Å². The average molecular weight is 222 g/mol. The average Bonchev–Trinajstić information content (AvgIpc) is 2.21. The van der Waals surface area contributed by atoms with Crippen LogP contribution in [0.25, 0.3) is 0 Å². The van der Waals surface area contributed by atoms with E-state index in [4.69, 9.17) is 10.8 Å². The maximum Gasteiger partial charge on any atom is 0.0605 e. The van der Waals surface area contributed by atoms with Gasteiger partial charge in [0.25, 0.3) is 0 Å². The fourth-order valence-electron chi connectivity index (χ4n) is 1.78. The zero-order valence-corrected chi connectivity index (χ0v) is 10.3. The van der Waals surface area contributed by atoms with E-state index in [2.05, 4.69) is 19.2 Å². The summed E-state index contributed by atoms with van der Waals surface area (Å²) in [4.78, 5) is 0. The number of nitrogens with one attached hydrogen (secondary N) is 1. The predicted molar refractivity (Wildman–Crippen MR) is 69.5 cm³/mol. The van der Waals surface area contributed by atoms with Crippen molar-refractivity contribution >= 4 is 11.4 Å². The third-order valence-corrected chi connectivity index (χ3v) is 2.88. The molecule has 3 heteroatoms. The fourth-order valence-corrected chi connectivity index (χ4v) is 1.78. The Kier molecular flexibility index (Phi) is 4.62. The first kappa shape index (κ1) is 12.8. The van der Waals surface area contributed by atoms with Gasteiger partial charge in [0.1, 0.15) is 0 Å². The molecule has 1 atom stereocenters. The van der Waals surface area contributed by atoms with Crippen LogP contribution in [0.5, 0.6) is 0 Å². The number of nitrogen functional groups attached to an aromatic ring is 1. The minimum absolute atomic E-state index is 0.196. The quantitative estimate of drug-likeness (QED) is 0.670. The summed E-state index contributed by atoms with van der Waals surface area (Å²) in [6, 6.07) is 6.14.